The maximum atomic E-state index is 13.4. The van der Waals surface area contributed by atoms with Crippen LogP contribution < -0.4 is 5.32 Å². The summed E-state index contributed by atoms with van der Waals surface area (Å²) >= 11 is 0. The number of benzene rings is 1. The van der Waals surface area contributed by atoms with Crippen molar-refractivity contribution in [2.75, 3.05) is 25.5 Å². The normalized spacial score (nSPS) is 18.2. The van der Waals surface area contributed by atoms with Gasteiger partial charge >= 0.3 is 5.97 Å². The molecule has 5 nitrogen and oxygen atoms in total. The zero-order valence-corrected chi connectivity index (χ0v) is 12.9. The molecular formula is C16H21FN2O3. The number of rotatable bonds is 5. The predicted octanol–water partition coefficient (Wildman–Crippen LogP) is 2.10. The van der Waals surface area contributed by atoms with Crippen LogP contribution in [0.1, 0.15) is 24.8 Å². The third kappa shape index (κ3) is 4.04. The van der Waals surface area contributed by atoms with E-state index in [1.165, 1.54) is 13.2 Å². The van der Waals surface area contributed by atoms with Crippen molar-refractivity contribution in [1.82, 2.24) is 4.90 Å². The number of anilines is 1. The average Bonchev–Trinajstić information content (AvgIpc) is 2.96. The Morgan fingerprint density at radius 1 is 1.45 bits per heavy atom. The second-order valence-electron chi connectivity index (χ2n) is 5.48. The minimum atomic E-state index is -0.344. The van der Waals surface area contributed by atoms with Gasteiger partial charge in [0.2, 0.25) is 5.91 Å². The number of methoxy groups -OCH3 is 1. The van der Waals surface area contributed by atoms with Crippen LogP contribution in [0.25, 0.3) is 0 Å². The second kappa shape index (κ2) is 7.35. The first-order valence-electron chi connectivity index (χ1n) is 7.39. The molecule has 22 heavy (non-hydrogen) atoms. The molecule has 1 amide bonds. The van der Waals surface area contributed by atoms with Crippen molar-refractivity contribution in [3.63, 3.8) is 0 Å². The molecule has 120 valence electrons. The predicted molar refractivity (Wildman–Crippen MR) is 81.0 cm³/mol. The number of carbonyl (C=O) groups is 2. The molecule has 1 aromatic carbocycles. The molecule has 1 heterocycles. The molecule has 2 rings (SSSR count). The van der Waals surface area contributed by atoms with E-state index in [1.54, 1.807) is 19.1 Å². The van der Waals surface area contributed by atoms with Crippen molar-refractivity contribution in [1.29, 1.82) is 0 Å². The number of amides is 1. The topological polar surface area (TPSA) is 58.6 Å². The van der Waals surface area contributed by atoms with E-state index < -0.39 is 0 Å². The van der Waals surface area contributed by atoms with Crippen LogP contribution in [-0.4, -0.2) is 43.0 Å². The van der Waals surface area contributed by atoms with Crippen LogP contribution in [0.4, 0.5) is 10.1 Å². The van der Waals surface area contributed by atoms with E-state index in [0.717, 1.165) is 19.4 Å². The van der Waals surface area contributed by atoms with Crippen LogP contribution in [0, 0.1) is 12.7 Å². The number of esters is 1. The fourth-order valence-electron chi connectivity index (χ4n) is 2.64. The lowest BCUT2D eigenvalue weighted by atomic mass is 10.2. The number of aryl methyl sites for hydroxylation is 1. The van der Waals surface area contributed by atoms with Gasteiger partial charge in [-0.1, -0.05) is 6.07 Å². The summed E-state index contributed by atoms with van der Waals surface area (Å²) in [5, 5.41) is 2.67. The second-order valence-corrected chi connectivity index (χ2v) is 5.48. The molecule has 0 bridgehead atoms. The van der Waals surface area contributed by atoms with Gasteiger partial charge in [0, 0.05) is 18.7 Å². The van der Waals surface area contributed by atoms with Crippen LogP contribution in [0.5, 0.6) is 0 Å². The highest BCUT2D eigenvalue weighted by atomic mass is 19.1. The number of hydrogen-bond donors (Lipinski definition) is 1. The van der Waals surface area contributed by atoms with Gasteiger partial charge in [0.1, 0.15) is 11.9 Å². The van der Waals surface area contributed by atoms with E-state index in [2.05, 4.69) is 5.32 Å². The molecule has 1 N–H and O–H groups in total. The van der Waals surface area contributed by atoms with Crippen molar-refractivity contribution in [3.8, 4) is 0 Å². The third-order valence-corrected chi connectivity index (χ3v) is 3.92. The summed E-state index contributed by atoms with van der Waals surface area (Å²) in [6, 6.07) is 4.34. The van der Waals surface area contributed by atoms with E-state index in [-0.39, 0.29) is 30.2 Å². The number of carbonyl (C=O) groups excluding carboxylic acids is 2. The average molecular weight is 308 g/mol. The quantitative estimate of drug-likeness (QED) is 0.846. The van der Waals surface area contributed by atoms with Crippen molar-refractivity contribution < 1.29 is 18.7 Å². The molecule has 1 aliphatic heterocycles. The molecule has 6 heteroatoms. The lowest BCUT2D eigenvalue weighted by molar-refractivity contribution is -0.146. The largest absolute Gasteiger partial charge is 0.468 e. The summed E-state index contributed by atoms with van der Waals surface area (Å²) in [5.74, 6) is -0.791. The van der Waals surface area contributed by atoms with Crippen LogP contribution in [0.15, 0.2) is 18.2 Å². The third-order valence-electron chi connectivity index (χ3n) is 3.92. The van der Waals surface area contributed by atoms with Gasteiger partial charge in [-0.25, -0.2) is 4.39 Å². The van der Waals surface area contributed by atoms with Crippen LogP contribution in [0.3, 0.4) is 0 Å². The first-order valence-corrected chi connectivity index (χ1v) is 7.39. The van der Waals surface area contributed by atoms with Crippen molar-refractivity contribution in [3.05, 3.63) is 29.6 Å². The van der Waals surface area contributed by atoms with Crippen LogP contribution >= 0.6 is 0 Å². The summed E-state index contributed by atoms with van der Waals surface area (Å²) in [5.41, 5.74) is 0.982. The smallest absolute Gasteiger partial charge is 0.323 e. The van der Waals surface area contributed by atoms with Gasteiger partial charge in [-0.3, -0.25) is 14.5 Å². The molecule has 0 aromatic heterocycles. The lowest BCUT2D eigenvalue weighted by Gasteiger charge is -2.21. The summed E-state index contributed by atoms with van der Waals surface area (Å²) in [6.07, 6.45) is 1.94. The van der Waals surface area contributed by atoms with Gasteiger partial charge in [0.05, 0.1) is 7.11 Å². The van der Waals surface area contributed by atoms with Gasteiger partial charge in [-0.2, -0.15) is 0 Å². The van der Waals surface area contributed by atoms with E-state index >= 15 is 0 Å². The fourth-order valence-corrected chi connectivity index (χ4v) is 2.64. The molecule has 1 fully saturated rings. The summed E-state index contributed by atoms with van der Waals surface area (Å²) in [6.45, 7) is 2.94. The molecule has 1 saturated heterocycles. The molecular weight excluding hydrogens is 287 g/mol. The number of hydrogen-bond acceptors (Lipinski definition) is 4. The summed E-state index contributed by atoms with van der Waals surface area (Å²) in [4.78, 5) is 25.5. The Balaban J connectivity index is 1.84. The summed E-state index contributed by atoms with van der Waals surface area (Å²) in [7, 11) is 1.37. The Morgan fingerprint density at radius 2 is 2.23 bits per heavy atom. The lowest BCUT2D eigenvalue weighted by Crippen LogP contribution is -2.38. The number of halogens is 1. The van der Waals surface area contributed by atoms with Crippen molar-refractivity contribution >= 4 is 17.6 Å². The van der Waals surface area contributed by atoms with E-state index in [9.17, 15) is 14.0 Å². The molecule has 0 spiro atoms. The van der Waals surface area contributed by atoms with Gasteiger partial charge in [-0.05, 0) is 44.0 Å². The minimum absolute atomic E-state index is 0.196. The highest BCUT2D eigenvalue weighted by Crippen LogP contribution is 2.19. The summed E-state index contributed by atoms with van der Waals surface area (Å²) < 4.78 is 18.2. The standard InChI is InChI=1S/C16H21FN2O3/c1-11-5-6-12(10-13(11)17)18-15(20)7-9-19-8-3-4-14(19)16(21)22-2/h5-6,10,14H,3-4,7-9H2,1-2H3,(H,18,20)/t14-/m0/s1. The Bertz CT molecular complexity index is 562. The molecule has 1 aromatic rings. The number of ether oxygens (including phenoxy) is 1. The molecule has 1 atom stereocenters. The number of nitrogens with zero attached hydrogens (tertiary/aromatic N) is 1. The SMILES string of the molecule is COC(=O)[C@@H]1CCCN1CCC(=O)Nc1ccc(C)c(F)c1. The zero-order valence-electron chi connectivity index (χ0n) is 12.9. The van der Waals surface area contributed by atoms with Gasteiger partial charge in [-0.15, -0.1) is 0 Å². The highest BCUT2D eigenvalue weighted by molar-refractivity contribution is 5.90. The van der Waals surface area contributed by atoms with Gasteiger partial charge < -0.3 is 10.1 Å². The van der Waals surface area contributed by atoms with E-state index in [1.807, 2.05) is 4.90 Å². The zero-order chi connectivity index (χ0) is 16.1. The number of nitrogens with one attached hydrogen (secondary N) is 1. The molecule has 0 radical (unpaired) electrons. The highest BCUT2D eigenvalue weighted by Gasteiger charge is 2.31. The molecule has 0 unspecified atom stereocenters. The van der Waals surface area contributed by atoms with E-state index in [4.69, 9.17) is 4.74 Å². The van der Waals surface area contributed by atoms with Crippen LogP contribution in [-0.2, 0) is 14.3 Å². The maximum Gasteiger partial charge on any atom is 0.323 e. The van der Waals surface area contributed by atoms with Gasteiger partial charge in [0.15, 0.2) is 0 Å². The molecule has 0 aliphatic carbocycles. The van der Waals surface area contributed by atoms with Gasteiger partial charge in [0.25, 0.3) is 0 Å². The Morgan fingerprint density at radius 3 is 2.91 bits per heavy atom. The van der Waals surface area contributed by atoms with Crippen molar-refractivity contribution in [2.45, 2.75) is 32.2 Å². The molecule has 1 aliphatic rings. The maximum absolute atomic E-state index is 13.4. The van der Waals surface area contributed by atoms with Crippen LogP contribution in [0.2, 0.25) is 0 Å². The Labute approximate surface area is 129 Å². The number of likely N-dealkylation sites (tertiary alicyclic amines) is 1. The Kier molecular flexibility index (Phi) is 5.49. The Hall–Kier alpha value is -1.95. The fraction of sp³-hybridized carbons (Fsp3) is 0.500. The first kappa shape index (κ1) is 16.4. The van der Waals surface area contributed by atoms with Crippen molar-refractivity contribution in [2.24, 2.45) is 0 Å². The minimum Gasteiger partial charge on any atom is -0.468 e. The first-order chi connectivity index (χ1) is 10.5. The molecule has 0 saturated carbocycles. The van der Waals surface area contributed by atoms with E-state index in [0.29, 0.717) is 17.8 Å². The monoisotopic (exact) mass is 308 g/mol.